The summed E-state index contributed by atoms with van der Waals surface area (Å²) in [4.78, 5) is 15.3. The number of rotatable bonds is 3. The van der Waals surface area contributed by atoms with Gasteiger partial charge in [-0.15, -0.1) is 0 Å². The van der Waals surface area contributed by atoms with Gasteiger partial charge in [0.15, 0.2) is 0 Å². The molecule has 1 amide bonds. The highest BCUT2D eigenvalue weighted by atomic mass is 16.6. The summed E-state index contributed by atoms with van der Waals surface area (Å²) < 4.78 is 4.66. The van der Waals surface area contributed by atoms with Crippen molar-refractivity contribution in [3.05, 3.63) is 59.8 Å². The minimum absolute atomic E-state index is 0.116. The normalized spacial score (nSPS) is 11.1. The number of nitrogens with one attached hydrogen (secondary N) is 2. The predicted molar refractivity (Wildman–Crippen MR) is 81.3 cm³/mol. The maximum atomic E-state index is 12.2. The molecule has 0 aliphatic carbocycles. The lowest BCUT2D eigenvalue weighted by Gasteiger charge is -2.05. The summed E-state index contributed by atoms with van der Waals surface area (Å²) in [6, 6.07) is 13.1. The van der Waals surface area contributed by atoms with Crippen LogP contribution in [0.15, 0.2) is 53.3 Å². The second-order valence-electron chi connectivity index (χ2n) is 5.05. The molecule has 2 heterocycles. The van der Waals surface area contributed by atoms with Crippen LogP contribution in [-0.4, -0.2) is 21.2 Å². The number of benzene rings is 2. The lowest BCUT2D eigenvalue weighted by Crippen LogP contribution is -2.22. The molecular weight excluding hydrogens is 280 g/mol. The number of carbonyl (C=O) groups excluding carboxylic acids is 1. The molecule has 22 heavy (non-hydrogen) atoms. The molecule has 2 aromatic carbocycles. The Labute approximate surface area is 125 Å². The lowest BCUT2D eigenvalue weighted by molar-refractivity contribution is 0.0951. The molecular formula is C16H12N4O2. The minimum Gasteiger partial charge on any atom is -0.361 e. The molecule has 0 radical (unpaired) electrons. The van der Waals surface area contributed by atoms with Crippen molar-refractivity contribution >= 4 is 27.8 Å². The van der Waals surface area contributed by atoms with Crippen molar-refractivity contribution in [2.45, 2.75) is 6.54 Å². The first-order valence-electron chi connectivity index (χ1n) is 6.86. The van der Waals surface area contributed by atoms with Crippen molar-refractivity contribution in [3.8, 4) is 0 Å². The third-order valence-electron chi connectivity index (χ3n) is 3.59. The van der Waals surface area contributed by atoms with Crippen LogP contribution in [-0.2, 0) is 6.54 Å². The van der Waals surface area contributed by atoms with Gasteiger partial charge in [0, 0.05) is 23.8 Å². The van der Waals surface area contributed by atoms with Gasteiger partial charge < -0.3 is 10.3 Å². The van der Waals surface area contributed by atoms with Crippen molar-refractivity contribution < 1.29 is 9.42 Å². The van der Waals surface area contributed by atoms with E-state index in [4.69, 9.17) is 0 Å². The van der Waals surface area contributed by atoms with Crippen molar-refractivity contribution in [1.82, 2.24) is 20.6 Å². The van der Waals surface area contributed by atoms with E-state index in [1.165, 1.54) is 0 Å². The van der Waals surface area contributed by atoms with E-state index in [0.29, 0.717) is 23.1 Å². The molecule has 0 spiro atoms. The molecule has 2 aromatic heterocycles. The van der Waals surface area contributed by atoms with Crippen molar-refractivity contribution in [3.63, 3.8) is 0 Å². The van der Waals surface area contributed by atoms with Crippen LogP contribution in [0.3, 0.4) is 0 Å². The lowest BCUT2D eigenvalue weighted by atomic mass is 10.1. The van der Waals surface area contributed by atoms with Gasteiger partial charge in [-0.25, -0.2) is 4.63 Å². The molecule has 0 saturated carbocycles. The number of aromatic nitrogens is 3. The molecule has 2 N–H and O–H groups in total. The number of aromatic amines is 1. The van der Waals surface area contributed by atoms with Gasteiger partial charge in [0.2, 0.25) is 0 Å². The van der Waals surface area contributed by atoms with Crippen LogP contribution >= 0.6 is 0 Å². The molecule has 0 aliphatic rings. The van der Waals surface area contributed by atoms with Crippen LogP contribution in [0.5, 0.6) is 0 Å². The van der Waals surface area contributed by atoms with Crippen LogP contribution in [0.4, 0.5) is 0 Å². The number of nitrogens with zero attached hydrogens (tertiary/aromatic N) is 2. The van der Waals surface area contributed by atoms with Crippen molar-refractivity contribution in [2.24, 2.45) is 0 Å². The van der Waals surface area contributed by atoms with Gasteiger partial charge in [-0.1, -0.05) is 12.1 Å². The number of fused-ring (bicyclic) bond motifs is 2. The molecule has 0 unspecified atom stereocenters. The van der Waals surface area contributed by atoms with E-state index in [0.717, 1.165) is 16.5 Å². The highest BCUT2D eigenvalue weighted by Crippen LogP contribution is 2.15. The largest absolute Gasteiger partial charge is 0.361 e. The molecule has 0 atom stereocenters. The van der Waals surface area contributed by atoms with Crippen LogP contribution in [0.1, 0.15) is 15.9 Å². The van der Waals surface area contributed by atoms with E-state index >= 15 is 0 Å². The zero-order valence-electron chi connectivity index (χ0n) is 11.5. The highest BCUT2D eigenvalue weighted by molar-refractivity contribution is 5.97. The summed E-state index contributed by atoms with van der Waals surface area (Å²) in [5, 5.41) is 11.5. The Morgan fingerprint density at radius 1 is 1.09 bits per heavy atom. The topological polar surface area (TPSA) is 83.8 Å². The maximum absolute atomic E-state index is 12.2. The molecule has 0 aliphatic heterocycles. The number of carbonyl (C=O) groups is 1. The fraction of sp³-hybridized carbons (Fsp3) is 0.0625. The smallest absolute Gasteiger partial charge is 0.251 e. The molecule has 0 saturated heterocycles. The van der Waals surface area contributed by atoms with E-state index in [9.17, 15) is 4.79 Å². The molecule has 6 nitrogen and oxygen atoms in total. The molecule has 0 bridgehead atoms. The Morgan fingerprint density at radius 3 is 2.95 bits per heavy atom. The van der Waals surface area contributed by atoms with Crippen LogP contribution < -0.4 is 5.32 Å². The van der Waals surface area contributed by atoms with Crippen molar-refractivity contribution in [1.29, 1.82) is 0 Å². The van der Waals surface area contributed by atoms with Gasteiger partial charge in [0.05, 0.1) is 0 Å². The summed E-state index contributed by atoms with van der Waals surface area (Å²) in [5.74, 6) is -0.116. The second-order valence-corrected chi connectivity index (χ2v) is 5.05. The summed E-state index contributed by atoms with van der Waals surface area (Å²) in [5.41, 5.74) is 3.89. The van der Waals surface area contributed by atoms with Gasteiger partial charge >= 0.3 is 0 Å². The summed E-state index contributed by atoms with van der Waals surface area (Å²) in [7, 11) is 0. The van der Waals surface area contributed by atoms with E-state index in [1.807, 2.05) is 48.7 Å². The maximum Gasteiger partial charge on any atom is 0.251 e. The van der Waals surface area contributed by atoms with Gasteiger partial charge in [-0.2, -0.15) is 0 Å². The van der Waals surface area contributed by atoms with Crippen LogP contribution in [0, 0.1) is 0 Å². The Kier molecular flexibility index (Phi) is 2.86. The average molecular weight is 292 g/mol. The summed E-state index contributed by atoms with van der Waals surface area (Å²) >= 11 is 0. The number of amides is 1. The van der Waals surface area contributed by atoms with Crippen LogP contribution in [0.2, 0.25) is 0 Å². The molecule has 108 valence electrons. The third-order valence-corrected chi connectivity index (χ3v) is 3.59. The Balaban J connectivity index is 1.51. The van der Waals surface area contributed by atoms with E-state index in [2.05, 4.69) is 25.2 Å². The third kappa shape index (κ3) is 2.20. The Hall–Kier alpha value is -3.15. The molecule has 0 fully saturated rings. The average Bonchev–Trinajstić information content (AvgIpc) is 3.19. The fourth-order valence-electron chi connectivity index (χ4n) is 2.41. The molecule has 6 heteroatoms. The minimum atomic E-state index is -0.116. The first kappa shape index (κ1) is 12.6. The van der Waals surface area contributed by atoms with Crippen molar-refractivity contribution in [2.75, 3.05) is 0 Å². The quantitative estimate of drug-likeness (QED) is 0.608. The van der Waals surface area contributed by atoms with E-state index < -0.39 is 0 Å². The molecule has 4 rings (SSSR count). The number of hydrogen-bond acceptors (Lipinski definition) is 4. The summed E-state index contributed by atoms with van der Waals surface area (Å²) in [6.45, 7) is 0.421. The van der Waals surface area contributed by atoms with Gasteiger partial charge in [0.1, 0.15) is 11.0 Å². The second kappa shape index (κ2) is 5.00. The monoisotopic (exact) mass is 292 g/mol. The van der Waals surface area contributed by atoms with Gasteiger partial charge in [-0.3, -0.25) is 4.79 Å². The number of hydrogen-bond donors (Lipinski definition) is 2. The van der Waals surface area contributed by atoms with E-state index in [-0.39, 0.29) is 5.91 Å². The SMILES string of the molecule is O=C(NCc1ccc2nonc2c1)c1ccc2cc[nH]c2c1. The Bertz CT molecular complexity index is 970. The Morgan fingerprint density at radius 2 is 2.00 bits per heavy atom. The zero-order chi connectivity index (χ0) is 14.9. The fourth-order valence-corrected chi connectivity index (χ4v) is 2.41. The van der Waals surface area contributed by atoms with Gasteiger partial charge in [-0.05, 0) is 51.6 Å². The predicted octanol–water partition coefficient (Wildman–Crippen LogP) is 2.63. The first-order valence-corrected chi connectivity index (χ1v) is 6.86. The standard InChI is InChI=1S/C16H12N4O2/c21-16(12-3-2-11-5-6-17-14(11)8-12)18-9-10-1-4-13-15(7-10)20-22-19-13/h1-8,17H,9H2,(H,18,21). The highest BCUT2D eigenvalue weighted by Gasteiger charge is 2.07. The summed E-state index contributed by atoms with van der Waals surface area (Å²) in [6.07, 6.45) is 1.85. The molecule has 4 aromatic rings. The van der Waals surface area contributed by atoms with Gasteiger partial charge in [0.25, 0.3) is 5.91 Å². The number of H-pyrrole nitrogens is 1. The first-order chi connectivity index (χ1) is 10.8. The zero-order valence-corrected chi connectivity index (χ0v) is 11.5. The van der Waals surface area contributed by atoms with E-state index in [1.54, 1.807) is 0 Å². The van der Waals surface area contributed by atoms with Crippen LogP contribution in [0.25, 0.3) is 21.9 Å².